The molecule has 19 heavy (non-hydrogen) atoms. The molecule has 1 aliphatic rings. The minimum absolute atomic E-state index is 0.228. The lowest BCUT2D eigenvalue weighted by molar-refractivity contribution is 0.138. The van der Waals surface area contributed by atoms with Crippen LogP contribution >= 0.6 is 11.8 Å². The highest BCUT2D eigenvalue weighted by atomic mass is 32.2. The number of thioether (sulfide) groups is 1. The number of hydrogen-bond acceptors (Lipinski definition) is 3. The van der Waals surface area contributed by atoms with Crippen molar-refractivity contribution in [1.82, 2.24) is 9.78 Å². The van der Waals surface area contributed by atoms with Crippen LogP contribution in [0.25, 0.3) is 0 Å². The molecule has 0 aromatic carbocycles. The SMILES string of the molecule is CCC(C)n1ccc(CC(O)CC2CCSCC2)n1. The van der Waals surface area contributed by atoms with Crippen molar-refractivity contribution in [1.29, 1.82) is 0 Å². The van der Waals surface area contributed by atoms with Crippen molar-refractivity contribution >= 4 is 11.8 Å². The van der Waals surface area contributed by atoms with Crippen LogP contribution in [-0.4, -0.2) is 32.5 Å². The fraction of sp³-hybridized carbons (Fsp3) is 0.800. The smallest absolute Gasteiger partial charge is 0.0650 e. The van der Waals surface area contributed by atoms with Crippen LogP contribution in [0, 0.1) is 5.92 Å². The van der Waals surface area contributed by atoms with E-state index in [0.29, 0.717) is 18.4 Å². The van der Waals surface area contributed by atoms with Crippen LogP contribution in [0.5, 0.6) is 0 Å². The summed E-state index contributed by atoms with van der Waals surface area (Å²) >= 11 is 2.04. The molecule has 1 aromatic heterocycles. The van der Waals surface area contributed by atoms with E-state index in [1.165, 1.54) is 24.3 Å². The molecular formula is C15H26N2OS. The van der Waals surface area contributed by atoms with Gasteiger partial charge < -0.3 is 5.11 Å². The molecule has 2 heterocycles. The molecule has 0 saturated carbocycles. The minimum Gasteiger partial charge on any atom is -0.393 e. The monoisotopic (exact) mass is 282 g/mol. The van der Waals surface area contributed by atoms with Crippen LogP contribution in [0.15, 0.2) is 12.3 Å². The Hall–Kier alpha value is -0.480. The summed E-state index contributed by atoms with van der Waals surface area (Å²) in [6.07, 6.45) is 7.07. The maximum atomic E-state index is 10.2. The largest absolute Gasteiger partial charge is 0.393 e. The molecule has 3 nitrogen and oxygen atoms in total. The van der Waals surface area contributed by atoms with Gasteiger partial charge in [0.2, 0.25) is 0 Å². The van der Waals surface area contributed by atoms with E-state index in [9.17, 15) is 5.11 Å². The Bertz CT molecular complexity index is 374. The first-order valence-corrected chi connectivity index (χ1v) is 8.64. The first-order chi connectivity index (χ1) is 9.19. The van der Waals surface area contributed by atoms with Gasteiger partial charge in [-0.05, 0) is 56.1 Å². The Morgan fingerprint density at radius 2 is 2.21 bits per heavy atom. The van der Waals surface area contributed by atoms with Crippen LogP contribution in [-0.2, 0) is 6.42 Å². The van der Waals surface area contributed by atoms with Gasteiger partial charge in [0.05, 0.1) is 11.8 Å². The second kappa shape index (κ2) is 7.34. The summed E-state index contributed by atoms with van der Waals surface area (Å²) in [7, 11) is 0. The molecule has 108 valence electrons. The van der Waals surface area contributed by atoms with Gasteiger partial charge >= 0.3 is 0 Å². The number of aromatic nitrogens is 2. The minimum atomic E-state index is -0.228. The third-order valence-corrected chi connectivity index (χ3v) is 5.15. The number of aliphatic hydroxyl groups excluding tert-OH is 1. The second-order valence-electron chi connectivity index (χ2n) is 5.69. The molecular weight excluding hydrogens is 256 g/mol. The molecule has 2 rings (SSSR count). The second-order valence-corrected chi connectivity index (χ2v) is 6.92. The standard InChI is InChI=1S/C15H26N2OS/c1-3-12(2)17-7-4-14(16-17)11-15(18)10-13-5-8-19-9-6-13/h4,7,12-13,15,18H,3,5-6,8-11H2,1-2H3. The van der Waals surface area contributed by atoms with Gasteiger partial charge in [0, 0.05) is 18.7 Å². The summed E-state index contributed by atoms with van der Waals surface area (Å²) in [6, 6.07) is 2.49. The molecule has 2 atom stereocenters. The Morgan fingerprint density at radius 3 is 2.89 bits per heavy atom. The van der Waals surface area contributed by atoms with E-state index in [0.717, 1.165) is 18.5 Å². The summed E-state index contributed by atoms with van der Waals surface area (Å²) in [5, 5.41) is 14.8. The van der Waals surface area contributed by atoms with Crippen LogP contribution in [0.4, 0.5) is 0 Å². The molecule has 0 bridgehead atoms. The van der Waals surface area contributed by atoms with Gasteiger partial charge in [-0.25, -0.2) is 0 Å². The number of hydrogen-bond donors (Lipinski definition) is 1. The summed E-state index contributed by atoms with van der Waals surface area (Å²) in [6.45, 7) is 4.34. The van der Waals surface area contributed by atoms with E-state index in [-0.39, 0.29) is 6.10 Å². The summed E-state index contributed by atoms with van der Waals surface area (Å²) in [5.74, 6) is 3.24. The first-order valence-electron chi connectivity index (χ1n) is 7.49. The third-order valence-electron chi connectivity index (χ3n) is 4.10. The fourth-order valence-electron chi connectivity index (χ4n) is 2.61. The lowest BCUT2D eigenvalue weighted by atomic mass is 9.94. The highest BCUT2D eigenvalue weighted by Gasteiger charge is 2.18. The van der Waals surface area contributed by atoms with Crippen molar-refractivity contribution in [2.45, 2.75) is 58.1 Å². The average Bonchev–Trinajstić information content (AvgIpc) is 2.87. The highest BCUT2D eigenvalue weighted by molar-refractivity contribution is 7.99. The van der Waals surface area contributed by atoms with E-state index in [2.05, 4.69) is 18.9 Å². The molecule has 0 amide bonds. The van der Waals surface area contributed by atoms with Crippen molar-refractivity contribution in [3.8, 4) is 0 Å². The van der Waals surface area contributed by atoms with Crippen LogP contribution in [0.1, 0.15) is 51.3 Å². The predicted molar refractivity (Wildman–Crippen MR) is 81.6 cm³/mol. The van der Waals surface area contributed by atoms with Gasteiger partial charge in [-0.3, -0.25) is 4.68 Å². The molecule has 0 aliphatic carbocycles. The average molecular weight is 282 g/mol. The van der Waals surface area contributed by atoms with Gasteiger partial charge in [0.15, 0.2) is 0 Å². The normalized spacial score (nSPS) is 20.4. The van der Waals surface area contributed by atoms with Gasteiger partial charge in [-0.1, -0.05) is 6.92 Å². The first kappa shape index (κ1) is 14.9. The molecule has 0 radical (unpaired) electrons. The van der Waals surface area contributed by atoms with Gasteiger partial charge in [-0.2, -0.15) is 16.9 Å². The quantitative estimate of drug-likeness (QED) is 0.870. The Kier molecular flexibility index (Phi) is 5.76. The maximum Gasteiger partial charge on any atom is 0.0650 e. The van der Waals surface area contributed by atoms with Crippen LogP contribution < -0.4 is 0 Å². The van der Waals surface area contributed by atoms with Crippen molar-refractivity contribution in [3.63, 3.8) is 0 Å². The van der Waals surface area contributed by atoms with Crippen molar-refractivity contribution in [3.05, 3.63) is 18.0 Å². The zero-order chi connectivity index (χ0) is 13.7. The lowest BCUT2D eigenvalue weighted by Crippen LogP contribution is -2.20. The molecule has 1 aliphatic heterocycles. The predicted octanol–water partition coefficient (Wildman–Crippen LogP) is 3.29. The van der Waals surface area contributed by atoms with Gasteiger partial charge in [0.25, 0.3) is 0 Å². The number of nitrogens with zero attached hydrogens (tertiary/aromatic N) is 2. The summed E-state index contributed by atoms with van der Waals surface area (Å²) in [4.78, 5) is 0. The van der Waals surface area contributed by atoms with E-state index in [4.69, 9.17) is 0 Å². The molecule has 2 unspecified atom stereocenters. The van der Waals surface area contributed by atoms with E-state index in [1.54, 1.807) is 0 Å². The third kappa shape index (κ3) is 4.53. The fourth-order valence-corrected chi connectivity index (χ4v) is 3.81. The van der Waals surface area contributed by atoms with Crippen molar-refractivity contribution in [2.24, 2.45) is 5.92 Å². The molecule has 4 heteroatoms. The van der Waals surface area contributed by atoms with Crippen LogP contribution in [0.2, 0.25) is 0 Å². The maximum absolute atomic E-state index is 10.2. The Morgan fingerprint density at radius 1 is 1.47 bits per heavy atom. The van der Waals surface area contributed by atoms with Crippen molar-refractivity contribution < 1.29 is 5.11 Å². The molecule has 1 N–H and O–H groups in total. The lowest BCUT2D eigenvalue weighted by Gasteiger charge is -2.23. The Balaban J connectivity index is 1.80. The number of aliphatic hydroxyl groups is 1. The molecule has 1 saturated heterocycles. The van der Waals surface area contributed by atoms with Gasteiger partial charge in [-0.15, -0.1) is 0 Å². The zero-order valence-electron chi connectivity index (χ0n) is 12.1. The molecule has 0 spiro atoms. The zero-order valence-corrected chi connectivity index (χ0v) is 12.9. The number of rotatable bonds is 6. The van der Waals surface area contributed by atoms with Crippen LogP contribution in [0.3, 0.4) is 0 Å². The topological polar surface area (TPSA) is 38.0 Å². The van der Waals surface area contributed by atoms with Gasteiger partial charge in [0.1, 0.15) is 0 Å². The molecule has 1 fully saturated rings. The Labute approximate surface area is 120 Å². The van der Waals surface area contributed by atoms with E-state index >= 15 is 0 Å². The van der Waals surface area contributed by atoms with E-state index in [1.807, 2.05) is 28.7 Å². The van der Waals surface area contributed by atoms with E-state index < -0.39 is 0 Å². The summed E-state index contributed by atoms with van der Waals surface area (Å²) in [5.41, 5.74) is 1.03. The van der Waals surface area contributed by atoms with Crippen molar-refractivity contribution in [2.75, 3.05) is 11.5 Å². The molecule has 1 aromatic rings. The highest BCUT2D eigenvalue weighted by Crippen LogP contribution is 2.27. The summed E-state index contributed by atoms with van der Waals surface area (Å²) < 4.78 is 2.01.